The maximum Gasteiger partial charge on any atom is 0.261 e. The van der Waals surface area contributed by atoms with E-state index in [1.165, 1.54) is 7.11 Å². The first kappa shape index (κ1) is 14.7. The first-order valence-electron chi connectivity index (χ1n) is 6.23. The van der Waals surface area contributed by atoms with Gasteiger partial charge in [0.25, 0.3) is 5.89 Å². The van der Waals surface area contributed by atoms with Crippen molar-refractivity contribution in [3.63, 3.8) is 0 Å². The van der Waals surface area contributed by atoms with Crippen molar-refractivity contribution in [3.8, 4) is 23.0 Å². The largest absolute Gasteiger partial charge is 0.504 e. The van der Waals surface area contributed by atoms with Crippen molar-refractivity contribution in [3.05, 3.63) is 24.0 Å². The summed E-state index contributed by atoms with van der Waals surface area (Å²) in [4.78, 5) is 4.31. The van der Waals surface area contributed by atoms with Crippen LogP contribution in [0.25, 0.3) is 11.5 Å². The van der Waals surface area contributed by atoms with Gasteiger partial charge in [0.1, 0.15) is 0 Å². The highest BCUT2D eigenvalue weighted by Crippen LogP contribution is 2.36. The van der Waals surface area contributed by atoms with Gasteiger partial charge in [0.05, 0.1) is 18.4 Å². The lowest BCUT2D eigenvalue weighted by Crippen LogP contribution is -2.07. The highest BCUT2D eigenvalue weighted by Gasteiger charge is 2.17. The molecular weight excluding hydrogens is 276 g/mol. The number of rotatable bonds is 4. The van der Waals surface area contributed by atoms with Crippen molar-refractivity contribution >= 4 is 11.8 Å². The Hall–Kier alpha value is -1.69. The van der Waals surface area contributed by atoms with E-state index in [1.54, 1.807) is 30.0 Å². The monoisotopic (exact) mass is 294 g/mol. The van der Waals surface area contributed by atoms with E-state index in [1.807, 2.05) is 0 Å². The Kier molecular flexibility index (Phi) is 4.23. The smallest absolute Gasteiger partial charge is 0.261 e. The second-order valence-corrected chi connectivity index (χ2v) is 7.08. The molecule has 1 heterocycles. The van der Waals surface area contributed by atoms with Gasteiger partial charge >= 0.3 is 0 Å². The summed E-state index contributed by atoms with van der Waals surface area (Å²) in [7, 11) is 1.50. The van der Waals surface area contributed by atoms with E-state index >= 15 is 0 Å². The van der Waals surface area contributed by atoms with Gasteiger partial charge in [-0.25, -0.2) is 0 Å². The van der Waals surface area contributed by atoms with Crippen molar-refractivity contribution in [2.45, 2.75) is 31.3 Å². The van der Waals surface area contributed by atoms with Crippen LogP contribution in [-0.2, 0) is 5.75 Å². The molecule has 0 aliphatic rings. The van der Waals surface area contributed by atoms with Crippen LogP contribution >= 0.6 is 11.8 Å². The average molecular weight is 294 g/mol. The van der Waals surface area contributed by atoms with E-state index in [-0.39, 0.29) is 10.5 Å². The highest BCUT2D eigenvalue weighted by atomic mass is 32.2. The Labute approximate surface area is 122 Å². The molecule has 0 unspecified atom stereocenters. The maximum atomic E-state index is 10.1. The lowest BCUT2D eigenvalue weighted by Gasteiger charge is -2.15. The Bertz CT molecular complexity index is 590. The molecule has 1 aromatic heterocycles. The van der Waals surface area contributed by atoms with Crippen LogP contribution in [0.3, 0.4) is 0 Å². The SMILES string of the molecule is COc1cccc(-c2nc(CSC(C)(C)C)no2)c1O. The fraction of sp³-hybridized carbons (Fsp3) is 0.429. The molecule has 1 aromatic carbocycles. The predicted octanol–water partition coefficient (Wildman–Crippen LogP) is 3.48. The molecule has 1 N–H and O–H groups in total. The fourth-order valence-electron chi connectivity index (χ4n) is 1.56. The number of hydrogen-bond donors (Lipinski definition) is 1. The molecule has 0 atom stereocenters. The van der Waals surface area contributed by atoms with Crippen molar-refractivity contribution in [1.82, 2.24) is 10.1 Å². The topological polar surface area (TPSA) is 68.4 Å². The summed E-state index contributed by atoms with van der Waals surface area (Å²) in [6.07, 6.45) is 0. The Morgan fingerprint density at radius 2 is 2.10 bits per heavy atom. The molecule has 0 spiro atoms. The molecule has 0 amide bonds. The molecule has 0 fully saturated rings. The molecule has 108 valence electrons. The first-order chi connectivity index (χ1) is 9.40. The number of phenols is 1. The lowest BCUT2D eigenvalue weighted by molar-refractivity contribution is 0.371. The number of hydrogen-bond acceptors (Lipinski definition) is 6. The van der Waals surface area contributed by atoms with E-state index in [0.29, 0.717) is 28.8 Å². The third kappa shape index (κ3) is 3.45. The van der Waals surface area contributed by atoms with Gasteiger partial charge in [-0.05, 0) is 12.1 Å². The van der Waals surface area contributed by atoms with Crippen molar-refractivity contribution < 1.29 is 14.4 Å². The van der Waals surface area contributed by atoms with E-state index in [4.69, 9.17) is 9.26 Å². The van der Waals surface area contributed by atoms with Crippen LogP contribution < -0.4 is 4.74 Å². The summed E-state index contributed by atoms with van der Waals surface area (Å²) in [6.45, 7) is 6.39. The molecule has 0 aliphatic heterocycles. The molecule has 5 nitrogen and oxygen atoms in total. The van der Waals surface area contributed by atoms with Crippen molar-refractivity contribution in [2.75, 3.05) is 7.11 Å². The van der Waals surface area contributed by atoms with Crippen LogP contribution in [-0.4, -0.2) is 27.1 Å². The van der Waals surface area contributed by atoms with Crippen molar-refractivity contribution in [2.24, 2.45) is 0 Å². The average Bonchev–Trinajstić information content (AvgIpc) is 2.84. The minimum atomic E-state index is 0.00803. The van der Waals surface area contributed by atoms with Gasteiger partial charge in [0, 0.05) is 4.75 Å². The first-order valence-corrected chi connectivity index (χ1v) is 7.22. The molecule has 2 rings (SSSR count). The number of methoxy groups -OCH3 is 1. The highest BCUT2D eigenvalue weighted by molar-refractivity contribution is 7.99. The molecule has 0 aliphatic carbocycles. The molecule has 0 saturated carbocycles. The summed E-state index contributed by atoms with van der Waals surface area (Å²) in [6, 6.07) is 5.15. The quantitative estimate of drug-likeness (QED) is 0.931. The normalized spacial score (nSPS) is 11.6. The van der Waals surface area contributed by atoms with Crippen LogP contribution in [0, 0.1) is 0 Å². The van der Waals surface area contributed by atoms with Crippen LogP contribution in [0.15, 0.2) is 22.7 Å². The van der Waals surface area contributed by atoms with E-state index in [2.05, 4.69) is 30.9 Å². The standard InChI is InChI=1S/C14H18N2O3S/c1-14(2,3)20-8-11-15-13(19-16-11)9-6-5-7-10(18-4)12(9)17/h5-7,17H,8H2,1-4H3. The third-order valence-corrected chi connectivity index (χ3v) is 3.82. The minimum Gasteiger partial charge on any atom is -0.504 e. The number of aromatic hydroxyl groups is 1. The molecule has 0 saturated heterocycles. The summed E-state index contributed by atoms with van der Waals surface area (Å²) < 4.78 is 10.4. The number of nitrogens with zero attached hydrogens (tertiary/aromatic N) is 2. The second kappa shape index (κ2) is 5.75. The van der Waals surface area contributed by atoms with Gasteiger partial charge in [0.15, 0.2) is 17.3 Å². The predicted molar refractivity (Wildman–Crippen MR) is 79.0 cm³/mol. The molecule has 6 heteroatoms. The minimum absolute atomic E-state index is 0.00803. The Morgan fingerprint density at radius 3 is 2.75 bits per heavy atom. The number of ether oxygens (including phenoxy) is 1. The molecule has 20 heavy (non-hydrogen) atoms. The van der Waals surface area contributed by atoms with Gasteiger partial charge in [-0.2, -0.15) is 4.98 Å². The summed E-state index contributed by atoms with van der Waals surface area (Å²) in [5, 5.41) is 14.0. The second-order valence-electron chi connectivity index (χ2n) is 5.27. The zero-order valence-corrected chi connectivity index (χ0v) is 12.8. The number of thioether (sulfide) groups is 1. The van der Waals surface area contributed by atoms with Gasteiger partial charge < -0.3 is 14.4 Å². The van der Waals surface area contributed by atoms with Crippen LogP contribution in [0.1, 0.15) is 26.6 Å². The van der Waals surface area contributed by atoms with Crippen molar-refractivity contribution in [1.29, 1.82) is 0 Å². The zero-order valence-electron chi connectivity index (χ0n) is 12.0. The van der Waals surface area contributed by atoms with Gasteiger partial charge in [-0.3, -0.25) is 0 Å². The number of phenolic OH excluding ortho intramolecular Hbond substituents is 1. The van der Waals surface area contributed by atoms with E-state index in [0.717, 1.165) is 0 Å². The maximum absolute atomic E-state index is 10.1. The summed E-state index contributed by atoms with van der Waals surface area (Å²) in [5.74, 6) is 1.96. The van der Waals surface area contributed by atoms with E-state index in [9.17, 15) is 5.11 Å². The molecule has 2 aromatic rings. The molecule has 0 bridgehead atoms. The van der Waals surface area contributed by atoms with Gasteiger partial charge in [-0.1, -0.05) is 32.0 Å². The molecule has 0 radical (unpaired) electrons. The van der Waals surface area contributed by atoms with Gasteiger partial charge in [0.2, 0.25) is 0 Å². The van der Waals surface area contributed by atoms with Crippen LogP contribution in [0.5, 0.6) is 11.5 Å². The van der Waals surface area contributed by atoms with Crippen LogP contribution in [0.4, 0.5) is 0 Å². The fourth-order valence-corrected chi connectivity index (χ4v) is 2.24. The summed E-state index contributed by atoms with van der Waals surface area (Å²) in [5.41, 5.74) is 0.476. The zero-order chi connectivity index (χ0) is 14.8. The Morgan fingerprint density at radius 1 is 1.35 bits per heavy atom. The van der Waals surface area contributed by atoms with E-state index < -0.39 is 0 Å². The number of benzene rings is 1. The molecular formula is C14H18N2O3S. The summed E-state index contributed by atoms with van der Waals surface area (Å²) >= 11 is 1.73. The number of para-hydroxylation sites is 1. The Balaban J connectivity index is 2.21. The van der Waals surface area contributed by atoms with Gasteiger partial charge in [-0.15, -0.1) is 11.8 Å². The van der Waals surface area contributed by atoms with Crippen LogP contribution in [0.2, 0.25) is 0 Å². The lowest BCUT2D eigenvalue weighted by atomic mass is 10.2. The number of aromatic nitrogens is 2. The third-order valence-electron chi connectivity index (χ3n) is 2.55.